The van der Waals surface area contributed by atoms with E-state index in [9.17, 15) is 4.39 Å². The molecule has 0 spiro atoms. The van der Waals surface area contributed by atoms with Crippen molar-refractivity contribution in [2.24, 2.45) is 5.73 Å². The van der Waals surface area contributed by atoms with Crippen LogP contribution in [0.5, 0.6) is 0 Å². The predicted octanol–water partition coefficient (Wildman–Crippen LogP) is 2.50. The Bertz CT molecular complexity index is 305. The molecule has 13 heavy (non-hydrogen) atoms. The highest BCUT2D eigenvalue weighted by Gasteiger charge is 1.99. The molecule has 0 saturated heterocycles. The van der Waals surface area contributed by atoms with E-state index < -0.39 is 0 Å². The third kappa shape index (κ3) is 2.67. The van der Waals surface area contributed by atoms with Crippen LogP contribution < -0.4 is 5.73 Å². The van der Waals surface area contributed by atoms with Crippen LogP contribution in [0.2, 0.25) is 0 Å². The Hall–Kier alpha value is -1.15. The van der Waals surface area contributed by atoms with Gasteiger partial charge in [0.05, 0.1) is 0 Å². The fraction of sp³-hybridized carbons (Fsp3) is 0.273. The average Bonchev–Trinajstić information content (AvgIpc) is 2.13. The molecule has 0 amide bonds. The molecule has 0 aliphatic rings. The molecule has 0 heterocycles. The average molecular weight is 179 g/mol. The summed E-state index contributed by atoms with van der Waals surface area (Å²) in [6.07, 6.45) is 4.44. The fourth-order valence-electron chi connectivity index (χ4n) is 1.11. The van der Waals surface area contributed by atoms with Crippen molar-refractivity contribution in [2.75, 3.05) is 6.54 Å². The molecule has 70 valence electrons. The molecule has 1 rings (SSSR count). The van der Waals surface area contributed by atoms with Crippen molar-refractivity contribution in [1.82, 2.24) is 0 Å². The lowest BCUT2D eigenvalue weighted by atomic mass is 10.1. The lowest BCUT2D eigenvalue weighted by Gasteiger charge is -1.99. The number of hydrogen-bond acceptors (Lipinski definition) is 1. The van der Waals surface area contributed by atoms with E-state index in [0.717, 1.165) is 6.42 Å². The topological polar surface area (TPSA) is 26.0 Å². The summed E-state index contributed by atoms with van der Waals surface area (Å²) in [5.74, 6) is -0.143. The lowest BCUT2D eigenvalue weighted by Crippen LogP contribution is -1.95. The van der Waals surface area contributed by atoms with Crippen LogP contribution in [0.25, 0.3) is 6.08 Å². The van der Waals surface area contributed by atoms with Crippen LogP contribution in [0.1, 0.15) is 17.5 Å². The van der Waals surface area contributed by atoms with Gasteiger partial charge in [0, 0.05) is 5.56 Å². The summed E-state index contributed by atoms with van der Waals surface area (Å²) in [6.45, 7) is 2.36. The third-order valence-corrected chi connectivity index (χ3v) is 1.85. The number of hydrogen-bond donors (Lipinski definition) is 1. The molecule has 2 heteroatoms. The van der Waals surface area contributed by atoms with Gasteiger partial charge in [-0.15, -0.1) is 0 Å². The van der Waals surface area contributed by atoms with E-state index in [0.29, 0.717) is 17.7 Å². The largest absolute Gasteiger partial charge is 0.330 e. The van der Waals surface area contributed by atoms with Crippen molar-refractivity contribution < 1.29 is 4.39 Å². The summed E-state index contributed by atoms with van der Waals surface area (Å²) < 4.78 is 13.3. The Morgan fingerprint density at radius 1 is 1.46 bits per heavy atom. The molecular formula is C11H14FN. The van der Waals surface area contributed by atoms with E-state index in [1.807, 2.05) is 12.1 Å². The van der Waals surface area contributed by atoms with Crippen LogP contribution in [0, 0.1) is 12.7 Å². The van der Waals surface area contributed by atoms with Gasteiger partial charge >= 0.3 is 0 Å². The SMILES string of the molecule is Cc1cccc(C=CCCN)c1F. The van der Waals surface area contributed by atoms with E-state index in [2.05, 4.69) is 0 Å². The number of aryl methyl sites for hydroxylation is 1. The molecule has 2 N–H and O–H groups in total. The van der Waals surface area contributed by atoms with Crippen molar-refractivity contribution in [3.8, 4) is 0 Å². The molecule has 0 radical (unpaired) electrons. The van der Waals surface area contributed by atoms with Gasteiger partial charge in [0.15, 0.2) is 0 Å². The van der Waals surface area contributed by atoms with E-state index >= 15 is 0 Å². The van der Waals surface area contributed by atoms with Crippen molar-refractivity contribution in [2.45, 2.75) is 13.3 Å². The maximum absolute atomic E-state index is 13.3. The number of halogens is 1. The van der Waals surface area contributed by atoms with Crippen molar-refractivity contribution in [1.29, 1.82) is 0 Å². The van der Waals surface area contributed by atoms with Gasteiger partial charge in [-0.2, -0.15) is 0 Å². The molecule has 0 saturated carbocycles. The Kier molecular flexibility index (Phi) is 3.65. The van der Waals surface area contributed by atoms with Crippen LogP contribution >= 0.6 is 0 Å². The first-order chi connectivity index (χ1) is 6.25. The van der Waals surface area contributed by atoms with Gasteiger partial charge in [-0.25, -0.2) is 4.39 Å². The van der Waals surface area contributed by atoms with Gasteiger partial charge in [-0.3, -0.25) is 0 Å². The minimum atomic E-state index is -0.143. The number of nitrogens with two attached hydrogens (primary N) is 1. The molecule has 0 unspecified atom stereocenters. The Balaban J connectivity index is 2.83. The van der Waals surface area contributed by atoms with E-state index in [1.54, 1.807) is 25.1 Å². The van der Waals surface area contributed by atoms with E-state index in [-0.39, 0.29) is 5.82 Å². The summed E-state index contributed by atoms with van der Waals surface area (Å²) in [7, 11) is 0. The van der Waals surface area contributed by atoms with Gasteiger partial charge in [0.2, 0.25) is 0 Å². The second-order valence-electron chi connectivity index (χ2n) is 2.96. The molecule has 0 bridgehead atoms. The second-order valence-corrected chi connectivity index (χ2v) is 2.96. The molecule has 0 fully saturated rings. The highest BCUT2D eigenvalue weighted by molar-refractivity contribution is 5.51. The summed E-state index contributed by atoms with van der Waals surface area (Å²) >= 11 is 0. The smallest absolute Gasteiger partial charge is 0.133 e. The molecule has 0 aliphatic heterocycles. The van der Waals surface area contributed by atoms with Crippen molar-refractivity contribution in [3.63, 3.8) is 0 Å². The van der Waals surface area contributed by atoms with E-state index in [1.165, 1.54) is 0 Å². The maximum atomic E-state index is 13.3. The molecule has 1 aromatic carbocycles. The third-order valence-electron chi connectivity index (χ3n) is 1.85. The first kappa shape index (κ1) is 9.93. The monoisotopic (exact) mass is 179 g/mol. The van der Waals surface area contributed by atoms with E-state index in [4.69, 9.17) is 5.73 Å². The molecule has 0 aliphatic carbocycles. The summed E-state index contributed by atoms with van der Waals surface area (Å²) in [4.78, 5) is 0. The highest BCUT2D eigenvalue weighted by Crippen LogP contribution is 2.13. The van der Waals surface area contributed by atoms with Gasteiger partial charge in [0.1, 0.15) is 5.82 Å². The quantitative estimate of drug-likeness (QED) is 0.758. The van der Waals surface area contributed by atoms with Crippen molar-refractivity contribution >= 4 is 6.08 Å². The number of rotatable bonds is 3. The second kappa shape index (κ2) is 4.77. The van der Waals surface area contributed by atoms with Gasteiger partial charge in [-0.1, -0.05) is 30.4 Å². The maximum Gasteiger partial charge on any atom is 0.133 e. The Morgan fingerprint density at radius 2 is 2.23 bits per heavy atom. The van der Waals surface area contributed by atoms with Crippen LogP contribution in [0.3, 0.4) is 0 Å². The molecule has 1 aromatic rings. The van der Waals surface area contributed by atoms with Gasteiger partial charge in [-0.05, 0) is 25.5 Å². The van der Waals surface area contributed by atoms with Gasteiger partial charge < -0.3 is 5.73 Å². The van der Waals surface area contributed by atoms with Crippen molar-refractivity contribution in [3.05, 3.63) is 41.2 Å². The first-order valence-electron chi connectivity index (χ1n) is 4.37. The minimum absolute atomic E-state index is 0.143. The summed E-state index contributed by atoms with van der Waals surface area (Å²) in [6, 6.07) is 5.37. The molecule has 1 nitrogen and oxygen atoms in total. The minimum Gasteiger partial charge on any atom is -0.330 e. The molecule has 0 aromatic heterocycles. The summed E-state index contributed by atoms with van der Waals surface area (Å²) in [5.41, 5.74) is 6.62. The number of benzene rings is 1. The fourth-order valence-corrected chi connectivity index (χ4v) is 1.11. The predicted molar refractivity (Wildman–Crippen MR) is 53.8 cm³/mol. The highest BCUT2D eigenvalue weighted by atomic mass is 19.1. The van der Waals surface area contributed by atoms with Crippen LogP contribution in [0.4, 0.5) is 4.39 Å². The van der Waals surface area contributed by atoms with Crippen LogP contribution in [0.15, 0.2) is 24.3 Å². The van der Waals surface area contributed by atoms with Crippen LogP contribution in [-0.2, 0) is 0 Å². The zero-order valence-electron chi connectivity index (χ0n) is 7.76. The summed E-state index contributed by atoms with van der Waals surface area (Å²) in [5, 5.41) is 0. The Morgan fingerprint density at radius 3 is 2.92 bits per heavy atom. The lowest BCUT2D eigenvalue weighted by molar-refractivity contribution is 0.616. The Labute approximate surface area is 78.1 Å². The first-order valence-corrected chi connectivity index (χ1v) is 4.37. The molecular weight excluding hydrogens is 165 g/mol. The molecule has 0 atom stereocenters. The zero-order valence-corrected chi connectivity index (χ0v) is 7.76. The zero-order chi connectivity index (χ0) is 9.68. The van der Waals surface area contributed by atoms with Crippen LogP contribution in [-0.4, -0.2) is 6.54 Å². The standard InChI is InChI=1S/C11H14FN/c1-9-5-4-7-10(11(9)12)6-2-3-8-13/h2,4-7H,3,8,13H2,1H3. The normalized spacial score (nSPS) is 11.0. The van der Waals surface area contributed by atoms with Gasteiger partial charge in [0.25, 0.3) is 0 Å².